The minimum atomic E-state index is -3.55. The Bertz CT molecular complexity index is 1390. The van der Waals surface area contributed by atoms with Crippen LogP contribution in [-0.4, -0.2) is 31.7 Å². The third kappa shape index (κ3) is 4.04. The predicted octanol–water partition coefficient (Wildman–Crippen LogP) is 3.86. The van der Waals surface area contributed by atoms with Gasteiger partial charge in [-0.3, -0.25) is 9.52 Å². The van der Waals surface area contributed by atoms with E-state index in [1.807, 2.05) is 0 Å². The van der Waals surface area contributed by atoms with Crippen LogP contribution in [0.3, 0.4) is 0 Å². The molecule has 1 aliphatic rings. The fourth-order valence-electron chi connectivity index (χ4n) is 3.56. The van der Waals surface area contributed by atoms with Gasteiger partial charge in [-0.15, -0.1) is 0 Å². The van der Waals surface area contributed by atoms with Gasteiger partial charge in [-0.25, -0.2) is 22.0 Å². The first-order valence-corrected chi connectivity index (χ1v) is 11.2. The van der Waals surface area contributed by atoms with Crippen molar-refractivity contribution in [2.24, 2.45) is 0 Å². The minimum absolute atomic E-state index is 0.0643. The zero-order chi connectivity index (χ0) is 23.2. The Kier molecular flexibility index (Phi) is 5.17. The number of hydrogen-bond donors (Lipinski definition) is 2. The van der Waals surface area contributed by atoms with Crippen molar-refractivity contribution in [3.05, 3.63) is 82.9 Å². The Hall–Kier alpha value is -3.79. The predicted molar refractivity (Wildman–Crippen MR) is 114 cm³/mol. The summed E-state index contributed by atoms with van der Waals surface area (Å²) < 4.78 is 52.3. The number of carbonyl (C=O) groups is 2. The molecule has 1 heterocycles. The van der Waals surface area contributed by atoms with Crippen LogP contribution in [-0.2, 0) is 16.6 Å². The van der Waals surface area contributed by atoms with Crippen molar-refractivity contribution in [1.29, 1.82) is 0 Å². The summed E-state index contributed by atoms with van der Waals surface area (Å²) in [5.74, 6) is -3.84. The Balaban J connectivity index is 1.77. The van der Waals surface area contributed by atoms with Crippen LogP contribution >= 0.6 is 0 Å². The summed E-state index contributed by atoms with van der Waals surface area (Å²) in [6, 6.07) is 11.9. The van der Waals surface area contributed by atoms with Gasteiger partial charge in [0.1, 0.15) is 0 Å². The maximum Gasteiger partial charge on any atom is 0.337 e. The lowest BCUT2D eigenvalue weighted by Gasteiger charge is -2.19. The molecule has 32 heavy (non-hydrogen) atoms. The first-order valence-electron chi connectivity index (χ1n) is 9.29. The Labute approximate surface area is 182 Å². The van der Waals surface area contributed by atoms with Crippen LogP contribution in [0.5, 0.6) is 0 Å². The average Bonchev–Trinajstić information content (AvgIpc) is 3.04. The van der Waals surface area contributed by atoms with Crippen LogP contribution in [0.2, 0.25) is 0 Å². The number of sulfonamides is 1. The van der Waals surface area contributed by atoms with Crippen molar-refractivity contribution in [3.8, 4) is 11.1 Å². The number of rotatable bonds is 5. The topological polar surface area (TPSA) is 104 Å². The normalized spacial score (nSPS) is 13.2. The highest BCUT2D eigenvalue weighted by atomic mass is 32.2. The van der Waals surface area contributed by atoms with Crippen molar-refractivity contribution in [3.63, 3.8) is 0 Å². The second-order valence-corrected chi connectivity index (χ2v) is 9.05. The Morgan fingerprint density at radius 2 is 1.69 bits per heavy atom. The van der Waals surface area contributed by atoms with Crippen molar-refractivity contribution in [2.45, 2.75) is 6.54 Å². The molecule has 7 nitrogen and oxygen atoms in total. The summed E-state index contributed by atoms with van der Waals surface area (Å²) in [7, 11) is -3.55. The lowest BCUT2D eigenvalue weighted by atomic mass is 10.0. The number of halogens is 2. The van der Waals surface area contributed by atoms with Crippen LogP contribution in [0, 0.1) is 11.6 Å². The maximum absolute atomic E-state index is 13.7. The van der Waals surface area contributed by atoms with Gasteiger partial charge in [0.2, 0.25) is 10.0 Å². The first-order chi connectivity index (χ1) is 15.0. The number of benzene rings is 3. The largest absolute Gasteiger partial charge is 0.478 e. The van der Waals surface area contributed by atoms with Gasteiger partial charge in [0, 0.05) is 11.3 Å². The van der Waals surface area contributed by atoms with Crippen molar-refractivity contribution >= 4 is 33.3 Å². The van der Waals surface area contributed by atoms with Gasteiger partial charge in [0.05, 0.1) is 24.1 Å². The summed E-state index contributed by atoms with van der Waals surface area (Å²) >= 11 is 0. The van der Waals surface area contributed by atoms with E-state index in [1.165, 1.54) is 41.3 Å². The van der Waals surface area contributed by atoms with Crippen molar-refractivity contribution in [1.82, 2.24) is 0 Å². The van der Waals surface area contributed by atoms with Crippen LogP contribution in [0.15, 0.2) is 54.6 Å². The van der Waals surface area contributed by atoms with Crippen molar-refractivity contribution in [2.75, 3.05) is 15.9 Å². The lowest BCUT2D eigenvalue weighted by Crippen LogP contribution is -2.25. The molecule has 0 fully saturated rings. The van der Waals surface area contributed by atoms with Gasteiger partial charge in [-0.05, 0) is 53.1 Å². The molecule has 4 rings (SSSR count). The molecule has 0 atom stereocenters. The van der Waals surface area contributed by atoms with E-state index in [2.05, 4.69) is 4.72 Å². The molecule has 1 amide bonds. The Morgan fingerprint density at radius 1 is 1.00 bits per heavy atom. The van der Waals surface area contributed by atoms with Crippen LogP contribution in [0.25, 0.3) is 11.1 Å². The van der Waals surface area contributed by atoms with Gasteiger partial charge in [0.15, 0.2) is 11.6 Å². The molecule has 0 bridgehead atoms. The molecule has 0 saturated heterocycles. The van der Waals surface area contributed by atoms with Crippen LogP contribution < -0.4 is 9.62 Å². The molecule has 0 unspecified atom stereocenters. The van der Waals surface area contributed by atoms with E-state index in [4.69, 9.17) is 0 Å². The van der Waals surface area contributed by atoms with Gasteiger partial charge in [0.25, 0.3) is 5.91 Å². The molecule has 3 aromatic rings. The van der Waals surface area contributed by atoms with E-state index < -0.39 is 33.5 Å². The van der Waals surface area contributed by atoms with E-state index in [0.29, 0.717) is 16.7 Å². The summed E-state index contributed by atoms with van der Waals surface area (Å²) in [4.78, 5) is 26.1. The lowest BCUT2D eigenvalue weighted by molar-refractivity contribution is 0.0697. The zero-order valence-electron chi connectivity index (χ0n) is 16.6. The quantitative estimate of drug-likeness (QED) is 0.604. The molecule has 1 aliphatic heterocycles. The van der Waals surface area contributed by atoms with E-state index in [9.17, 15) is 31.9 Å². The minimum Gasteiger partial charge on any atom is -0.478 e. The molecule has 3 aromatic carbocycles. The smallest absolute Gasteiger partial charge is 0.337 e. The molecular formula is C22H16F2N2O5S. The van der Waals surface area contributed by atoms with E-state index >= 15 is 0 Å². The maximum atomic E-state index is 13.7. The standard InChI is InChI=1S/C22H16F2N2O5S/c1-32(30,31)25-15-5-2-14-11-26(21(27)17(14)10-15)20-9-13(3-6-16(20)22(28)29)12-4-7-18(23)19(24)8-12/h2-10,25H,11H2,1H3,(H,28,29). The summed E-state index contributed by atoms with van der Waals surface area (Å²) in [6.45, 7) is 0.0643. The number of carbonyl (C=O) groups excluding carboxylic acids is 1. The summed E-state index contributed by atoms with van der Waals surface area (Å²) in [5.41, 5.74) is 1.66. The number of nitrogens with zero attached hydrogens (tertiary/aromatic N) is 1. The van der Waals surface area contributed by atoms with Gasteiger partial charge in [-0.2, -0.15) is 0 Å². The number of aromatic carboxylic acids is 1. The van der Waals surface area contributed by atoms with Gasteiger partial charge >= 0.3 is 5.97 Å². The van der Waals surface area contributed by atoms with Crippen LogP contribution in [0.4, 0.5) is 20.2 Å². The second-order valence-electron chi connectivity index (χ2n) is 7.30. The van der Waals surface area contributed by atoms with E-state index in [-0.39, 0.29) is 29.0 Å². The molecule has 0 aliphatic carbocycles. The molecule has 10 heteroatoms. The third-order valence-corrected chi connectivity index (χ3v) is 5.60. The highest BCUT2D eigenvalue weighted by molar-refractivity contribution is 7.92. The molecule has 0 spiro atoms. The number of carboxylic acid groups (broad SMARTS) is 1. The molecule has 2 N–H and O–H groups in total. The highest BCUT2D eigenvalue weighted by Crippen LogP contribution is 2.35. The van der Waals surface area contributed by atoms with Gasteiger partial charge < -0.3 is 10.0 Å². The van der Waals surface area contributed by atoms with Crippen LogP contribution in [0.1, 0.15) is 26.3 Å². The van der Waals surface area contributed by atoms with E-state index in [1.54, 1.807) is 6.07 Å². The zero-order valence-corrected chi connectivity index (χ0v) is 17.4. The fourth-order valence-corrected chi connectivity index (χ4v) is 4.12. The number of amides is 1. The fraction of sp³-hybridized carbons (Fsp3) is 0.0909. The first kappa shape index (κ1) is 21.4. The third-order valence-electron chi connectivity index (χ3n) is 4.99. The monoisotopic (exact) mass is 458 g/mol. The molecule has 0 radical (unpaired) electrons. The van der Waals surface area contributed by atoms with E-state index in [0.717, 1.165) is 18.4 Å². The molecular weight excluding hydrogens is 442 g/mol. The Morgan fingerprint density at radius 3 is 2.34 bits per heavy atom. The second kappa shape index (κ2) is 7.72. The van der Waals surface area contributed by atoms with Gasteiger partial charge in [-0.1, -0.05) is 18.2 Å². The number of carboxylic acids is 1. The molecule has 164 valence electrons. The SMILES string of the molecule is CS(=O)(=O)Nc1ccc2c(c1)C(=O)N(c1cc(-c3ccc(F)c(F)c3)ccc1C(=O)O)C2. The number of fused-ring (bicyclic) bond motifs is 1. The summed E-state index contributed by atoms with van der Waals surface area (Å²) in [6.07, 6.45) is 0.983. The highest BCUT2D eigenvalue weighted by Gasteiger charge is 2.31. The number of anilines is 2. The van der Waals surface area contributed by atoms with Crippen molar-refractivity contribution < 1.29 is 31.9 Å². The summed E-state index contributed by atoms with van der Waals surface area (Å²) in [5, 5.41) is 9.62. The number of hydrogen-bond acceptors (Lipinski definition) is 4. The molecule has 0 aromatic heterocycles. The number of nitrogens with one attached hydrogen (secondary N) is 1. The molecule has 0 saturated carbocycles. The average molecular weight is 458 g/mol.